The molecule has 1 amide bonds. The fourth-order valence-corrected chi connectivity index (χ4v) is 3.15. The van der Waals surface area contributed by atoms with E-state index in [9.17, 15) is 4.79 Å². The van der Waals surface area contributed by atoms with Crippen molar-refractivity contribution in [3.8, 4) is 0 Å². The molecule has 0 spiro atoms. The Morgan fingerprint density at radius 3 is 2.64 bits per heavy atom. The third kappa shape index (κ3) is 2.99. The molecule has 3 rings (SSSR count). The van der Waals surface area contributed by atoms with E-state index in [1.807, 2.05) is 51.2 Å². The molecule has 0 aliphatic carbocycles. The van der Waals surface area contributed by atoms with Crippen LogP contribution in [-0.2, 0) is 16.8 Å². The van der Waals surface area contributed by atoms with Gasteiger partial charge in [-0.3, -0.25) is 0 Å². The molecule has 3 aromatic rings. The van der Waals surface area contributed by atoms with Crippen LogP contribution in [-0.4, -0.2) is 16.1 Å². The Balaban J connectivity index is 2.17. The van der Waals surface area contributed by atoms with E-state index in [0.29, 0.717) is 18.1 Å². The van der Waals surface area contributed by atoms with Crippen molar-refractivity contribution in [1.82, 2.24) is 9.97 Å². The molecular weight excluding hydrogens is 318 g/mol. The number of carbonyl (C=O) groups is 1. The molecule has 0 aliphatic rings. The number of nitrogens with two attached hydrogens (primary N) is 1. The van der Waals surface area contributed by atoms with E-state index < -0.39 is 17.1 Å². The van der Waals surface area contributed by atoms with Gasteiger partial charge in [0.25, 0.3) is 0 Å². The zero-order valence-corrected chi connectivity index (χ0v) is 14.9. The van der Waals surface area contributed by atoms with Crippen molar-refractivity contribution in [3.63, 3.8) is 0 Å². The van der Waals surface area contributed by atoms with E-state index in [2.05, 4.69) is 9.97 Å². The maximum absolute atomic E-state index is 11.8. The Morgan fingerprint density at radius 1 is 1.32 bits per heavy atom. The van der Waals surface area contributed by atoms with Crippen LogP contribution in [0.15, 0.2) is 41.1 Å². The first-order valence-corrected chi connectivity index (χ1v) is 8.19. The number of nitrogens with zero attached hydrogens (tertiary/aromatic N) is 1. The van der Waals surface area contributed by atoms with Crippen LogP contribution in [0, 0.1) is 12.3 Å². The first-order chi connectivity index (χ1) is 11.7. The number of aromatic amines is 1. The highest BCUT2D eigenvalue weighted by atomic mass is 16.6. The summed E-state index contributed by atoms with van der Waals surface area (Å²) in [5.74, 6) is 0.997. The first-order valence-electron chi connectivity index (χ1n) is 8.19. The van der Waals surface area contributed by atoms with Crippen molar-refractivity contribution in [2.24, 2.45) is 11.1 Å². The molecule has 132 valence electrons. The van der Waals surface area contributed by atoms with E-state index in [1.165, 1.54) is 0 Å². The summed E-state index contributed by atoms with van der Waals surface area (Å²) in [6, 6.07) is 7.97. The zero-order valence-electron chi connectivity index (χ0n) is 14.9. The molecule has 1 aromatic carbocycles. The fourth-order valence-electron chi connectivity index (χ4n) is 3.15. The van der Waals surface area contributed by atoms with E-state index >= 15 is 0 Å². The number of fused-ring (bicyclic) bond motifs is 1. The number of para-hydroxylation sites is 1. The minimum Gasteiger partial charge on any atom is -0.442 e. The summed E-state index contributed by atoms with van der Waals surface area (Å²) in [4.78, 5) is 19.4. The third-order valence-corrected chi connectivity index (χ3v) is 4.57. The van der Waals surface area contributed by atoms with Gasteiger partial charge in [-0.15, -0.1) is 0 Å². The first kappa shape index (κ1) is 17.1. The van der Waals surface area contributed by atoms with Crippen molar-refractivity contribution in [3.05, 3.63) is 53.9 Å². The van der Waals surface area contributed by atoms with Gasteiger partial charge in [0, 0.05) is 28.9 Å². The highest BCUT2D eigenvalue weighted by Crippen LogP contribution is 2.45. The molecule has 0 bridgehead atoms. The second kappa shape index (κ2) is 5.95. The second-order valence-corrected chi connectivity index (χ2v) is 7.31. The number of ether oxygens (including phenoxy) is 1. The molecule has 2 aromatic heterocycles. The third-order valence-electron chi connectivity index (χ3n) is 4.57. The van der Waals surface area contributed by atoms with Gasteiger partial charge in [-0.05, 0) is 18.6 Å². The number of oxazole rings is 1. The van der Waals surface area contributed by atoms with Crippen LogP contribution < -0.4 is 5.73 Å². The Kier molecular flexibility index (Phi) is 4.06. The van der Waals surface area contributed by atoms with Crippen molar-refractivity contribution in [2.75, 3.05) is 0 Å². The smallest absolute Gasteiger partial charge is 0.405 e. The molecule has 0 radical (unpaired) electrons. The van der Waals surface area contributed by atoms with Crippen LogP contribution in [0.3, 0.4) is 0 Å². The minimum atomic E-state index is -1.13. The summed E-state index contributed by atoms with van der Waals surface area (Å²) < 4.78 is 11.5. The van der Waals surface area contributed by atoms with E-state index in [-0.39, 0.29) is 0 Å². The summed E-state index contributed by atoms with van der Waals surface area (Å²) in [5, 5.41) is 1.06. The number of hydrogen-bond donors (Lipinski definition) is 2. The summed E-state index contributed by atoms with van der Waals surface area (Å²) in [6.45, 7) is 7.73. The molecule has 1 atom stereocenters. The summed E-state index contributed by atoms with van der Waals surface area (Å²) in [6.07, 6.45) is 3.08. The van der Waals surface area contributed by atoms with Gasteiger partial charge >= 0.3 is 6.09 Å². The fraction of sp³-hybridized carbons (Fsp3) is 0.368. The van der Waals surface area contributed by atoms with Crippen molar-refractivity contribution in [1.29, 1.82) is 0 Å². The number of rotatable bonds is 4. The topological polar surface area (TPSA) is 94.1 Å². The molecule has 2 heterocycles. The van der Waals surface area contributed by atoms with Crippen LogP contribution in [0.25, 0.3) is 10.9 Å². The zero-order chi connectivity index (χ0) is 18.2. The lowest BCUT2D eigenvalue weighted by molar-refractivity contribution is -0.0893. The Bertz CT molecular complexity index is 904. The molecule has 25 heavy (non-hydrogen) atoms. The number of hydrogen-bond acceptors (Lipinski definition) is 4. The number of aryl methyl sites for hydroxylation is 1. The van der Waals surface area contributed by atoms with Gasteiger partial charge in [0.2, 0.25) is 5.89 Å². The highest BCUT2D eigenvalue weighted by Gasteiger charge is 2.51. The van der Waals surface area contributed by atoms with Gasteiger partial charge in [-0.1, -0.05) is 39.0 Å². The SMILES string of the molecule is Cc1cnc([C@](Cc2c[nH]c3ccccc23)(OC(N)=O)C(C)(C)C)o1. The van der Waals surface area contributed by atoms with Crippen LogP contribution in [0.5, 0.6) is 0 Å². The van der Waals surface area contributed by atoms with Gasteiger partial charge in [0.1, 0.15) is 5.76 Å². The molecule has 3 N–H and O–H groups in total. The van der Waals surface area contributed by atoms with Gasteiger partial charge < -0.3 is 19.9 Å². The van der Waals surface area contributed by atoms with Crippen molar-refractivity contribution >= 4 is 17.0 Å². The summed E-state index contributed by atoms with van der Waals surface area (Å²) in [5.41, 5.74) is 5.81. The quantitative estimate of drug-likeness (QED) is 0.748. The average Bonchev–Trinajstić information content (AvgIpc) is 3.12. The number of primary amides is 1. The predicted octanol–water partition coefficient (Wildman–Crippen LogP) is 4.04. The Morgan fingerprint density at radius 2 is 2.04 bits per heavy atom. The number of H-pyrrole nitrogens is 1. The largest absolute Gasteiger partial charge is 0.442 e. The molecule has 0 aliphatic heterocycles. The summed E-state index contributed by atoms with van der Waals surface area (Å²) in [7, 11) is 0. The number of benzene rings is 1. The average molecular weight is 341 g/mol. The monoisotopic (exact) mass is 341 g/mol. The van der Waals surface area contributed by atoms with E-state index in [4.69, 9.17) is 14.9 Å². The molecule has 0 unspecified atom stereocenters. The number of amides is 1. The number of nitrogens with one attached hydrogen (secondary N) is 1. The second-order valence-electron chi connectivity index (χ2n) is 7.31. The molecule has 0 fully saturated rings. The number of aromatic nitrogens is 2. The molecule has 0 saturated carbocycles. The predicted molar refractivity (Wildman–Crippen MR) is 95.0 cm³/mol. The lowest BCUT2D eigenvalue weighted by atomic mass is 9.72. The van der Waals surface area contributed by atoms with Gasteiger partial charge in [-0.25, -0.2) is 9.78 Å². The van der Waals surface area contributed by atoms with Crippen LogP contribution in [0.1, 0.15) is 38.0 Å². The molecule has 0 saturated heterocycles. The number of carbonyl (C=O) groups excluding carboxylic acids is 1. The van der Waals surface area contributed by atoms with Crippen molar-refractivity contribution in [2.45, 2.75) is 39.7 Å². The van der Waals surface area contributed by atoms with Crippen molar-refractivity contribution < 1.29 is 13.9 Å². The maximum atomic E-state index is 11.8. The van der Waals surface area contributed by atoms with Crippen LogP contribution >= 0.6 is 0 Å². The highest BCUT2D eigenvalue weighted by molar-refractivity contribution is 5.83. The molecule has 6 heteroatoms. The Hall–Kier alpha value is -2.76. The van der Waals surface area contributed by atoms with Gasteiger partial charge in [0.05, 0.1) is 6.20 Å². The van der Waals surface area contributed by atoms with E-state index in [0.717, 1.165) is 16.5 Å². The van der Waals surface area contributed by atoms with Crippen LogP contribution in [0.4, 0.5) is 4.79 Å². The normalized spacial score (nSPS) is 14.4. The van der Waals surface area contributed by atoms with Gasteiger partial charge in [0.15, 0.2) is 5.60 Å². The summed E-state index contributed by atoms with van der Waals surface area (Å²) >= 11 is 0. The minimum absolute atomic E-state index is 0.349. The molecular formula is C19H23N3O3. The van der Waals surface area contributed by atoms with E-state index in [1.54, 1.807) is 13.1 Å². The molecule has 6 nitrogen and oxygen atoms in total. The van der Waals surface area contributed by atoms with Crippen LogP contribution in [0.2, 0.25) is 0 Å². The Labute approximate surface area is 146 Å². The standard InChI is InChI=1S/C19H23N3O3/c1-12-10-22-16(24-12)19(18(2,3)4,25-17(20)23)9-13-11-21-15-8-6-5-7-14(13)15/h5-8,10-11,21H,9H2,1-4H3,(H2,20,23)/t19-/m0/s1. The lowest BCUT2D eigenvalue weighted by Crippen LogP contribution is -2.47. The maximum Gasteiger partial charge on any atom is 0.405 e. The van der Waals surface area contributed by atoms with Gasteiger partial charge in [-0.2, -0.15) is 0 Å². The lowest BCUT2D eigenvalue weighted by Gasteiger charge is -2.40.